The number of aliphatic carboxylic acids is 1. The van der Waals surface area contributed by atoms with Crippen LogP contribution in [-0.4, -0.2) is 45.3 Å². The molecule has 1 saturated carbocycles. The van der Waals surface area contributed by atoms with E-state index in [4.69, 9.17) is 15.6 Å². The quantitative estimate of drug-likeness (QED) is 0.338. The van der Waals surface area contributed by atoms with E-state index in [1.807, 2.05) is 10.6 Å². The highest BCUT2D eigenvalue weighted by Crippen LogP contribution is 2.46. The van der Waals surface area contributed by atoms with Crippen LogP contribution < -0.4 is 21.2 Å². The van der Waals surface area contributed by atoms with E-state index < -0.39 is 35.2 Å². The van der Waals surface area contributed by atoms with Gasteiger partial charge in [0, 0.05) is 27.6 Å². The summed E-state index contributed by atoms with van der Waals surface area (Å²) in [7, 11) is 1.53. The van der Waals surface area contributed by atoms with Crippen LogP contribution in [0, 0.1) is 0 Å². The van der Waals surface area contributed by atoms with Crippen LogP contribution in [0.4, 0.5) is 0 Å². The number of carbonyl (C=O) groups excluding carboxylic acids is 1. The van der Waals surface area contributed by atoms with Gasteiger partial charge < -0.3 is 30.6 Å². The first-order valence-electron chi connectivity index (χ1n) is 12.5. The Bertz CT molecular complexity index is 1530. The standard InChI is InChI=1S/C27H29N3O7S/c1-27(28,11-21(31)32)26(36)29-18-4-3-5-19-16(18)10-20(38-19)14-8-9-15-22(24(14)37-2)30(13-6-7-13)12-17(23(15)33)25(34)35/h8-10,12-13,18H,3-7,11,28H2,1-2H3,(H,29,36)(H,31,32)(H,34,35)/t18?,27-/m1/s1. The first kappa shape index (κ1) is 25.9. The topological polar surface area (TPSA) is 161 Å². The Morgan fingerprint density at radius 1 is 1.24 bits per heavy atom. The third-order valence-corrected chi connectivity index (χ3v) is 8.49. The summed E-state index contributed by atoms with van der Waals surface area (Å²) in [4.78, 5) is 50.7. The lowest BCUT2D eigenvalue weighted by Crippen LogP contribution is -2.53. The molecule has 0 saturated heterocycles. The van der Waals surface area contributed by atoms with Gasteiger partial charge in [0.25, 0.3) is 0 Å². The molecule has 0 spiro atoms. The van der Waals surface area contributed by atoms with E-state index in [9.17, 15) is 24.3 Å². The van der Waals surface area contributed by atoms with Crippen molar-refractivity contribution in [2.24, 2.45) is 5.73 Å². The zero-order chi connectivity index (χ0) is 27.4. The molecule has 2 aliphatic carbocycles. The van der Waals surface area contributed by atoms with Gasteiger partial charge in [0.15, 0.2) is 5.75 Å². The fraction of sp³-hybridized carbons (Fsp3) is 0.407. The van der Waals surface area contributed by atoms with Gasteiger partial charge in [-0.1, -0.05) is 0 Å². The van der Waals surface area contributed by atoms with Crippen LogP contribution in [0.2, 0.25) is 0 Å². The first-order valence-corrected chi connectivity index (χ1v) is 13.3. The van der Waals surface area contributed by atoms with E-state index in [0.717, 1.165) is 46.6 Å². The molecule has 2 atom stereocenters. The second-order valence-electron chi connectivity index (χ2n) is 10.3. The van der Waals surface area contributed by atoms with Gasteiger partial charge in [-0.15, -0.1) is 11.3 Å². The molecule has 5 rings (SSSR count). The van der Waals surface area contributed by atoms with E-state index in [0.29, 0.717) is 23.1 Å². The van der Waals surface area contributed by atoms with Crippen LogP contribution in [0.25, 0.3) is 21.3 Å². The number of aromatic nitrogens is 1. The molecule has 1 fully saturated rings. The summed E-state index contributed by atoms with van der Waals surface area (Å²) in [6, 6.07) is 5.24. The molecule has 2 aliphatic rings. The van der Waals surface area contributed by atoms with Crippen molar-refractivity contribution in [2.45, 2.75) is 63.1 Å². The Morgan fingerprint density at radius 3 is 2.61 bits per heavy atom. The van der Waals surface area contributed by atoms with Crippen LogP contribution in [-0.2, 0) is 16.0 Å². The molecule has 5 N–H and O–H groups in total. The number of fused-ring (bicyclic) bond motifs is 2. The lowest BCUT2D eigenvalue weighted by Gasteiger charge is -2.28. The van der Waals surface area contributed by atoms with Crippen LogP contribution in [0.5, 0.6) is 5.75 Å². The van der Waals surface area contributed by atoms with Crippen molar-refractivity contribution in [2.75, 3.05) is 7.11 Å². The second kappa shape index (κ2) is 9.55. The van der Waals surface area contributed by atoms with Crippen LogP contribution in [0.3, 0.4) is 0 Å². The largest absolute Gasteiger partial charge is 0.494 e. The number of nitrogens with zero attached hydrogens (tertiary/aromatic N) is 1. The Hall–Kier alpha value is -3.70. The Labute approximate surface area is 222 Å². The highest BCUT2D eigenvalue weighted by atomic mass is 32.1. The average Bonchev–Trinajstić information content (AvgIpc) is 3.60. The molecule has 3 aromatic rings. The average molecular weight is 540 g/mol. The number of hydrogen-bond donors (Lipinski definition) is 4. The third-order valence-electron chi connectivity index (χ3n) is 7.24. The van der Waals surface area contributed by atoms with Crippen molar-refractivity contribution in [3.63, 3.8) is 0 Å². The Kier molecular flexibility index (Phi) is 6.52. The van der Waals surface area contributed by atoms with Gasteiger partial charge >= 0.3 is 11.9 Å². The fourth-order valence-corrected chi connectivity index (χ4v) is 6.45. The number of rotatable bonds is 8. The maximum Gasteiger partial charge on any atom is 0.341 e. The number of amides is 1. The zero-order valence-electron chi connectivity index (χ0n) is 21.1. The number of nitrogens with one attached hydrogen (secondary N) is 1. The number of methoxy groups -OCH3 is 1. The summed E-state index contributed by atoms with van der Waals surface area (Å²) in [5.74, 6) is -2.42. The smallest absolute Gasteiger partial charge is 0.341 e. The predicted molar refractivity (Wildman–Crippen MR) is 142 cm³/mol. The summed E-state index contributed by atoms with van der Waals surface area (Å²) in [5.41, 5.74) is 5.96. The molecule has 0 radical (unpaired) electrons. The number of thiophene rings is 1. The highest BCUT2D eigenvalue weighted by Gasteiger charge is 2.35. The number of benzene rings is 1. The molecule has 0 aliphatic heterocycles. The fourth-order valence-electron chi connectivity index (χ4n) is 5.17. The lowest BCUT2D eigenvalue weighted by atomic mass is 9.91. The van der Waals surface area contributed by atoms with Gasteiger partial charge in [0.05, 0.1) is 30.5 Å². The number of aryl methyl sites for hydroxylation is 1. The predicted octanol–water partition coefficient (Wildman–Crippen LogP) is 3.46. The lowest BCUT2D eigenvalue weighted by molar-refractivity contribution is -0.141. The molecule has 200 valence electrons. The summed E-state index contributed by atoms with van der Waals surface area (Å²) in [6.07, 6.45) is 5.11. The van der Waals surface area contributed by atoms with Crippen molar-refractivity contribution < 1.29 is 29.3 Å². The number of aromatic carboxylic acids is 1. The number of pyridine rings is 1. The minimum Gasteiger partial charge on any atom is -0.494 e. The van der Waals surface area contributed by atoms with Crippen molar-refractivity contribution in [3.05, 3.63) is 50.6 Å². The van der Waals surface area contributed by atoms with Gasteiger partial charge in [-0.3, -0.25) is 14.4 Å². The van der Waals surface area contributed by atoms with Crippen molar-refractivity contribution in [1.29, 1.82) is 0 Å². The van der Waals surface area contributed by atoms with Gasteiger partial charge in [0.1, 0.15) is 11.1 Å². The van der Waals surface area contributed by atoms with Gasteiger partial charge in [-0.2, -0.15) is 0 Å². The SMILES string of the molecule is COc1c(-c2cc3c(s2)CCCC3NC(=O)[C@](C)(N)CC(=O)O)ccc2c(=O)c(C(=O)O)cn(C3CC3)c12. The van der Waals surface area contributed by atoms with Crippen molar-refractivity contribution in [3.8, 4) is 16.2 Å². The van der Waals surface area contributed by atoms with E-state index in [-0.39, 0.29) is 17.6 Å². The molecule has 1 amide bonds. The number of nitrogens with two attached hydrogens (primary N) is 1. The third kappa shape index (κ3) is 4.56. The first-order chi connectivity index (χ1) is 18.0. The molecule has 10 nitrogen and oxygen atoms in total. The Morgan fingerprint density at radius 2 is 1.97 bits per heavy atom. The number of ether oxygens (including phenoxy) is 1. The van der Waals surface area contributed by atoms with Crippen molar-refractivity contribution in [1.82, 2.24) is 9.88 Å². The summed E-state index contributed by atoms with van der Waals surface area (Å²) in [5, 5.41) is 21.9. The van der Waals surface area contributed by atoms with E-state index in [1.165, 1.54) is 20.2 Å². The number of hydrogen-bond acceptors (Lipinski definition) is 7. The van der Waals surface area contributed by atoms with Crippen LogP contribution in [0.15, 0.2) is 29.2 Å². The van der Waals surface area contributed by atoms with E-state index >= 15 is 0 Å². The molecule has 2 aromatic heterocycles. The second-order valence-corrected chi connectivity index (χ2v) is 11.4. The van der Waals surface area contributed by atoms with Gasteiger partial charge in [0.2, 0.25) is 11.3 Å². The summed E-state index contributed by atoms with van der Waals surface area (Å²) < 4.78 is 7.70. The van der Waals surface area contributed by atoms with Crippen LogP contribution >= 0.6 is 11.3 Å². The van der Waals surface area contributed by atoms with Crippen LogP contribution in [0.1, 0.15) is 71.9 Å². The molecular formula is C27H29N3O7S. The molecule has 0 bridgehead atoms. The number of carboxylic acid groups (broad SMARTS) is 2. The molecular weight excluding hydrogens is 510 g/mol. The zero-order valence-corrected chi connectivity index (χ0v) is 21.9. The molecule has 1 aromatic carbocycles. The highest BCUT2D eigenvalue weighted by molar-refractivity contribution is 7.15. The molecule has 38 heavy (non-hydrogen) atoms. The normalized spacial score (nSPS) is 18.4. The van der Waals surface area contributed by atoms with Gasteiger partial charge in [-0.05, 0) is 62.8 Å². The van der Waals surface area contributed by atoms with Crippen molar-refractivity contribution >= 4 is 40.1 Å². The minimum absolute atomic E-state index is 0.104. The number of carbonyl (C=O) groups is 3. The van der Waals surface area contributed by atoms with E-state index in [2.05, 4.69) is 5.32 Å². The molecule has 1 unspecified atom stereocenters. The maximum absolute atomic E-state index is 13.0. The number of carboxylic acids is 2. The summed E-state index contributed by atoms with van der Waals surface area (Å²) in [6.45, 7) is 1.41. The van der Waals surface area contributed by atoms with Gasteiger partial charge in [-0.25, -0.2) is 4.79 Å². The van der Waals surface area contributed by atoms with E-state index in [1.54, 1.807) is 23.5 Å². The Balaban J connectivity index is 1.58. The maximum atomic E-state index is 13.0. The summed E-state index contributed by atoms with van der Waals surface area (Å²) >= 11 is 1.58. The molecule has 2 heterocycles. The molecule has 11 heteroatoms. The monoisotopic (exact) mass is 539 g/mol. The minimum atomic E-state index is -1.54.